The van der Waals surface area contributed by atoms with Gasteiger partial charge in [-0.05, 0) is 56.0 Å². The lowest BCUT2D eigenvalue weighted by Crippen LogP contribution is -2.44. The molecule has 1 aliphatic heterocycles. The van der Waals surface area contributed by atoms with Crippen molar-refractivity contribution in [2.24, 2.45) is 17.3 Å². The van der Waals surface area contributed by atoms with E-state index >= 15 is 0 Å². The van der Waals surface area contributed by atoms with Crippen molar-refractivity contribution in [1.29, 1.82) is 0 Å². The lowest BCUT2D eigenvalue weighted by molar-refractivity contribution is 0.122. The molecule has 2 aliphatic rings. The molecule has 1 atom stereocenters. The van der Waals surface area contributed by atoms with Crippen molar-refractivity contribution < 1.29 is 0 Å². The second-order valence-corrected chi connectivity index (χ2v) is 8.20. The van der Waals surface area contributed by atoms with Crippen LogP contribution in [-0.4, -0.2) is 37.1 Å². The van der Waals surface area contributed by atoms with Gasteiger partial charge >= 0.3 is 0 Å². The Kier molecular flexibility index (Phi) is 5.92. The molecule has 0 aromatic heterocycles. The monoisotopic (exact) mass is 280 g/mol. The van der Waals surface area contributed by atoms with Crippen LogP contribution in [0.4, 0.5) is 0 Å². The van der Waals surface area contributed by atoms with Crippen molar-refractivity contribution in [1.82, 2.24) is 10.2 Å². The number of nitrogens with one attached hydrogen (secondary N) is 1. The second-order valence-electron chi connectivity index (χ2n) is 8.20. The Morgan fingerprint density at radius 3 is 2.40 bits per heavy atom. The van der Waals surface area contributed by atoms with Gasteiger partial charge in [0, 0.05) is 19.1 Å². The molecule has 2 fully saturated rings. The molecular formula is C18H36N2. The maximum atomic E-state index is 3.75. The van der Waals surface area contributed by atoms with E-state index in [9.17, 15) is 0 Å². The third-order valence-corrected chi connectivity index (χ3v) is 5.38. The molecule has 2 nitrogen and oxygen atoms in total. The molecule has 0 radical (unpaired) electrons. The fraction of sp³-hybridized carbons (Fsp3) is 1.00. The average Bonchev–Trinajstić information content (AvgIpc) is 2.66. The molecule has 118 valence electrons. The predicted octanol–water partition coefficient (Wildman–Crippen LogP) is 3.91. The molecule has 0 spiro atoms. The number of hydrogen-bond donors (Lipinski definition) is 1. The van der Waals surface area contributed by atoms with Gasteiger partial charge in [-0.15, -0.1) is 0 Å². The first kappa shape index (κ1) is 16.3. The van der Waals surface area contributed by atoms with Crippen LogP contribution in [0.1, 0.15) is 66.2 Å². The molecule has 1 N–H and O–H groups in total. The molecule has 1 unspecified atom stereocenters. The Morgan fingerprint density at radius 2 is 1.80 bits per heavy atom. The van der Waals surface area contributed by atoms with Gasteiger partial charge in [-0.1, -0.05) is 40.5 Å². The van der Waals surface area contributed by atoms with Gasteiger partial charge in [-0.25, -0.2) is 0 Å². The quantitative estimate of drug-likeness (QED) is 0.821. The molecule has 0 amide bonds. The third-order valence-electron chi connectivity index (χ3n) is 5.38. The van der Waals surface area contributed by atoms with Gasteiger partial charge in [0.05, 0.1) is 0 Å². The minimum atomic E-state index is 0.639. The van der Waals surface area contributed by atoms with Crippen LogP contribution in [0.2, 0.25) is 0 Å². The largest absolute Gasteiger partial charge is 0.312 e. The smallest absolute Gasteiger partial charge is 0.0217 e. The molecule has 1 aliphatic carbocycles. The highest BCUT2D eigenvalue weighted by molar-refractivity contribution is 4.90. The summed E-state index contributed by atoms with van der Waals surface area (Å²) in [5.74, 6) is 1.60. The van der Waals surface area contributed by atoms with Crippen LogP contribution in [0.15, 0.2) is 0 Å². The maximum Gasteiger partial charge on any atom is 0.0217 e. The van der Waals surface area contributed by atoms with Crippen molar-refractivity contribution in [2.75, 3.05) is 26.2 Å². The Hall–Kier alpha value is -0.0800. The van der Waals surface area contributed by atoms with E-state index in [1.54, 1.807) is 0 Å². The topological polar surface area (TPSA) is 15.3 Å². The Labute approximate surface area is 126 Å². The summed E-state index contributed by atoms with van der Waals surface area (Å²) in [7, 11) is 0. The van der Waals surface area contributed by atoms with E-state index in [1.165, 1.54) is 64.7 Å². The van der Waals surface area contributed by atoms with Crippen LogP contribution in [0, 0.1) is 17.3 Å². The zero-order chi connectivity index (χ0) is 14.6. The van der Waals surface area contributed by atoms with Gasteiger partial charge in [-0.3, -0.25) is 0 Å². The second kappa shape index (κ2) is 7.26. The van der Waals surface area contributed by atoms with Crippen LogP contribution in [0.25, 0.3) is 0 Å². The molecule has 1 saturated heterocycles. The minimum absolute atomic E-state index is 0.639. The Bertz CT molecular complexity index is 279. The van der Waals surface area contributed by atoms with Gasteiger partial charge in [0.15, 0.2) is 0 Å². The van der Waals surface area contributed by atoms with Gasteiger partial charge < -0.3 is 10.2 Å². The first-order valence-electron chi connectivity index (χ1n) is 8.96. The summed E-state index contributed by atoms with van der Waals surface area (Å²) in [4.78, 5) is 2.79. The molecule has 1 saturated carbocycles. The fourth-order valence-corrected chi connectivity index (χ4v) is 4.51. The highest BCUT2D eigenvalue weighted by Gasteiger charge is 2.36. The van der Waals surface area contributed by atoms with E-state index in [0.29, 0.717) is 11.5 Å². The van der Waals surface area contributed by atoms with E-state index in [4.69, 9.17) is 0 Å². The van der Waals surface area contributed by atoms with Gasteiger partial charge in [0.25, 0.3) is 0 Å². The lowest BCUT2D eigenvalue weighted by Gasteiger charge is -2.37. The minimum Gasteiger partial charge on any atom is -0.312 e. The van der Waals surface area contributed by atoms with Crippen LogP contribution in [-0.2, 0) is 0 Å². The lowest BCUT2D eigenvalue weighted by atomic mass is 9.78. The molecule has 20 heavy (non-hydrogen) atoms. The first-order valence-corrected chi connectivity index (χ1v) is 8.96. The summed E-state index contributed by atoms with van der Waals surface area (Å²) in [6, 6.07) is 0.690. The first-order chi connectivity index (χ1) is 9.51. The van der Waals surface area contributed by atoms with Crippen molar-refractivity contribution >= 4 is 0 Å². The van der Waals surface area contributed by atoms with E-state index < -0.39 is 0 Å². The molecule has 1 heterocycles. The fourth-order valence-electron chi connectivity index (χ4n) is 4.51. The standard InChI is InChI=1S/C18H36N2/c1-15(2)12-18(8-5-6-9-18)14-20-11-7-10-19-17(13-20)16(3)4/h15-17,19H,5-14H2,1-4H3. The van der Waals surface area contributed by atoms with E-state index in [0.717, 1.165) is 11.8 Å². The normalized spacial score (nSPS) is 28.2. The molecular weight excluding hydrogens is 244 g/mol. The summed E-state index contributed by atoms with van der Waals surface area (Å²) in [6.07, 6.45) is 8.63. The van der Waals surface area contributed by atoms with E-state index in [1.807, 2.05) is 0 Å². The van der Waals surface area contributed by atoms with Crippen LogP contribution < -0.4 is 5.32 Å². The zero-order valence-corrected chi connectivity index (χ0v) is 14.3. The van der Waals surface area contributed by atoms with Crippen molar-refractivity contribution in [3.8, 4) is 0 Å². The van der Waals surface area contributed by atoms with E-state index in [-0.39, 0.29) is 0 Å². The van der Waals surface area contributed by atoms with Crippen LogP contribution >= 0.6 is 0 Å². The van der Waals surface area contributed by atoms with Gasteiger partial charge in [-0.2, -0.15) is 0 Å². The predicted molar refractivity (Wildman–Crippen MR) is 88.0 cm³/mol. The highest BCUT2D eigenvalue weighted by atomic mass is 15.2. The molecule has 2 rings (SSSR count). The summed E-state index contributed by atoms with van der Waals surface area (Å²) >= 11 is 0. The number of nitrogens with zero attached hydrogens (tertiary/aromatic N) is 1. The van der Waals surface area contributed by atoms with Crippen LogP contribution in [0.3, 0.4) is 0 Å². The number of hydrogen-bond acceptors (Lipinski definition) is 2. The zero-order valence-electron chi connectivity index (χ0n) is 14.3. The Morgan fingerprint density at radius 1 is 1.10 bits per heavy atom. The summed E-state index contributed by atoms with van der Waals surface area (Å²) in [5, 5.41) is 3.75. The Balaban J connectivity index is 1.97. The average molecular weight is 281 g/mol. The SMILES string of the molecule is CC(C)CC1(CN2CCCNC(C(C)C)C2)CCCC1. The molecule has 0 aromatic carbocycles. The van der Waals surface area contributed by atoms with E-state index in [2.05, 4.69) is 37.9 Å². The third kappa shape index (κ3) is 4.46. The molecule has 0 aromatic rings. The summed E-state index contributed by atoms with van der Waals surface area (Å²) in [6.45, 7) is 14.7. The van der Waals surface area contributed by atoms with Crippen molar-refractivity contribution in [2.45, 2.75) is 72.3 Å². The molecule has 0 bridgehead atoms. The summed E-state index contributed by atoms with van der Waals surface area (Å²) < 4.78 is 0. The van der Waals surface area contributed by atoms with Crippen molar-refractivity contribution in [3.05, 3.63) is 0 Å². The maximum absolute atomic E-state index is 3.75. The number of rotatable bonds is 5. The van der Waals surface area contributed by atoms with Gasteiger partial charge in [0.1, 0.15) is 0 Å². The van der Waals surface area contributed by atoms with Gasteiger partial charge in [0.2, 0.25) is 0 Å². The highest BCUT2D eigenvalue weighted by Crippen LogP contribution is 2.43. The van der Waals surface area contributed by atoms with Crippen molar-refractivity contribution in [3.63, 3.8) is 0 Å². The molecule has 2 heteroatoms. The summed E-state index contributed by atoms with van der Waals surface area (Å²) in [5.41, 5.74) is 0.639. The van der Waals surface area contributed by atoms with Crippen LogP contribution in [0.5, 0.6) is 0 Å².